The Balaban J connectivity index is 2.44. The average Bonchev–Trinajstić information content (AvgIpc) is 2.68. The molecule has 0 atom stereocenters. The number of ether oxygens (including phenoxy) is 1. The normalized spacial score (nSPS) is 15.1. The fourth-order valence-corrected chi connectivity index (χ4v) is 2.09. The van der Waals surface area contributed by atoms with Crippen molar-refractivity contribution in [2.45, 2.75) is 6.42 Å². The number of carbonyl (C=O) groups excluding carboxylic acids is 2. The molecule has 1 aromatic carbocycles. The second kappa shape index (κ2) is 5.11. The van der Waals surface area contributed by atoms with E-state index in [2.05, 4.69) is 4.74 Å². The standard InChI is InChI=1S/C12H10Cl2N2O3/c1-19-12(18)7-5-10(17)16(11(7)15)6-2-3-8(13)9(14)4-6/h2-4H,5,15H2,1H3. The third-order valence-electron chi connectivity index (χ3n) is 2.72. The molecule has 0 fully saturated rings. The van der Waals surface area contributed by atoms with Crippen LogP contribution in [0, 0.1) is 0 Å². The van der Waals surface area contributed by atoms with Crippen LogP contribution in [0.25, 0.3) is 0 Å². The first-order chi connectivity index (χ1) is 8.95. The summed E-state index contributed by atoms with van der Waals surface area (Å²) in [5.74, 6) is -0.889. The zero-order chi connectivity index (χ0) is 14.2. The van der Waals surface area contributed by atoms with Crippen LogP contribution >= 0.6 is 23.2 Å². The maximum absolute atomic E-state index is 11.9. The van der Waals surface area contributed by atoms with E-state index in [9.17, 15) is 9.59 Å². The van der Waals surface area contributed by atoms with E-state index in [4.69, 9.17) is 28.9 Å². The molecular weight excluding hydrogens is 291 g/mol. The van der Waals surface area contributed by atoms with Gasteiger partial charge in [-0.25, -0.2) is 4.79 Å². The molecule has 2 rings (SSSR count). The van der Waals surface area contributed by atoms with E-state index >= 15 is 0 Å². The van der Waals surface area contributed by atoms with Crippen LogP contribution in [-0.2, 0) is 14.3 Å². The van der Waals surface area contributed by atoms with Crippen molar-refractivity contribution in [3.63, 3.8) is 0 Å². The van der Waals surface area contributed by atoms with Crippen LogP contribution in [0.5, 0.6) is 0 Å². The van der Waals surface area contributed by atoms with Gasteiger partial charge in [-0.1, -0.05) is 23.2 Å². The molecule has 0 saturated heterocycles. The molecule has 0 saturated carbocycles. The van der Waals surface area contributed by atoms with Crippen molar-refractivity contribution in [3.05, 3.63) is 39.6 Å². The third kappa shape index (κ3) is 2.39. The molecule has 100 valence electrons. The van der Waals surface area contributed by atoms with Gasteiger partial charge in [0.1, 0.15) is 5.82 Å². The summed E-state index contributed by atoms with van der Waals surface area (Å²) >= 11 is 11.7. The van der Waals surface area contributed by atoms with E-state index in [1.807, 2.05) is 0 Å². The van der Waals surface area contributed by atoms with Gasteiger partial charge in [0, 0.05) is 0 Å². The molecule has 7 heteroatoms. The van der Waals surface area contributed by atoms with Gasteiger partial charge in [-0.05, 0) is 18.2 Å². The maximum Gasteiger partial charge on any atom is 0.337 e. The Morgan fingerprint density at radius 1 is 1.37 bits per heavy atom. The van der Waals surface area contributed by atoms with Crippen molar-refractivity contribution in [1.29, 1.82) is 0 Å². The lowest BCUT2D eigenvalue weighted by Gasteiger charge is -2.18. The predicted molar refractivity (Wildman–Crippen MR) is 71.8 cm³/mol. The van der Waals surface area contributed by atoms with Crippen LogP contribution in [0.1, 0.15) is 6.42 Å². The predicted octanol–water partition coefficient (Wildman–Crippen LogP) is 2.07. The lowest BCUT2D eigenvalue weighted by molar-refractivity contribution is -0.136. The summed E-state index contributed by atoms with van der Waals surface area (Å²) in [6.45, 7) is 0. The summed E-state index contributed by atoms with van der Waals surface area (Å²) in [5, 5.41) is 0.666. The molecule has 0 aromatic heterocycles. The van der Waals surface area contributed by atoms with Gasteiger partial charge >= 0.3 is 5.97 Å². The van der Waals surface area contributed by atoms with Crippen molar-refractivity contribution in [2.75, 3.05) is 12.0 Å². The Morgan fingerprint density at radius 2 is 2.05 bits per heavy atom. The number of nitrogens with zero attached hydrogens (tertiary/aromatic N) is 1. The summed E-state index contributed by atoms with van der Waals surface area (Å²) in [6, 6.07) is 4.66. The Kier molecular flexibility index (Phi) is 3.68. The number of benzene rings is 1. The second-order valence-electron chi connectivity index (χ2n) is 3.86. The highest BCUT2D eigenvalue weighted by Crippen LogP contribution is 2.32. The number of rotatable bonds is 2. The second-order valence-corrected chi connectivity index (χ2v) is 4.67. The molecule has 1 amide bonds. The summed E-state index contributed by atoms with van der Waals surface area (Å²) < 4.78 is 4.58. The molecule has 0 spiro atoms. The van der Waals surface area contributed by atoms with E-state index in [-0.39, 0.29) is 23.7 Å². The molecular formula is C12H10Cl2N2O3. The Bertz CT molecular complexity index is 599. The Labute approximate surface area is 119 Å². The molecule has 1 heterocycles. The maximum atomic E-state index is 11.9. The van der Waals surface area contributed by atoms with Crippen LogP contribution in [0.2, 0.25) is 10.0 Å². The number of amides is 1. The fourth-order valence-electron chi connectivity index (χ4n) is 1.80. The minimum Gasteiger partial charge on any atom is -0.466 e. The smallest absolute Gasteiger partial charge is 0.337 e. The van der Waals surface area contributed by atoms with Crippen LogP contribution in [0.4, 0.5) is 5.69 Å². The highest BCUT2D eigenvalue weighted by atomic mass is 35.5. The lowest BCUT2D eigenvalue weighted by Crippen LogP contribution is -2.28. The molecule has 19 heavy (non-hydrogen) atoms. The van der Waals surface area contributed by atoms with Crippen LogP contribution in [0.3, 0.4) is 0 Å². The molecule has 0 bridgehead atoms. The summed E-state index contributed by atoms with van der Waals surface area (Å²) in [5.41, 5.74) is 6.41. The van der Waals surface area contributed by atoms with Gasteiger partial charge in [-0.2, -0.15) is 0 Å². The van der Waals surface area contributed by atoms with E-state index in [0.29, 0.717) is 15.7 Å². The molecule has 2 N–H and O–H groups in total. The zero-order valence-electron chi connectivity index (χ0n) is 9.94. The molecule has 0 radical (unpaired) electrons. The van der Waals surface area contributed by atoms with Crippen molar-refractivity contribution in [2.24, 2.45) is 5.73 Å². The van der Waals surface area contributed by atoms with Gasteiger partial charge < -0.3 is 10.5 Å². The molecule has 5 nitrogen and oxygen atoms in total. The monoisotopic (exact) mass is 300 g/mol. The SMILES string of the molecule is COC(=O)C1=C(N)N(c2ccc(Cl)c(Cl)c2)C(=O)C1. The van der Waals surface area contributed by atoms with E-state index in [0.717, 1.165) is 0 Å². The number of esters is 1. The molecule has 0 unspecified atom stereocenters. The van der Waals surface area contributed by atoms with Crippen LogP contribution in [-0.4, -0.2) is 19.0 Å². The van der Waals surface area contributed by atoms with Crippen molar-refractivity contribution in [1.82, 2.24) is 0 Å². The van der Waals surface area contributed by atoms with E-state index in [1.165, 1.54) is 18.1 Å². The summed E-state index contributed by atoms with van der Waals surface area (Å²) in [4.78, 5) is 24.6. The Morgan fingerprint density at radius 3 is 2.63 bits per heavy atom. The topological polar surface area (TPSA) is 72.6 Å². The van der Waals surface area contributed by atoms with Crippen molar-refractivity contribution < 1.29 is 14.3 Å². The average molecular weight is 301 g/mol. The van der Waals surface area contributed by atoms with Crippen molar-refractivity contribution in [3.8, 4) is 0 Å². The van der Waals surface area contributed by atoms with Gasteiger partial charge in [0.15, 0.2) is 0 Å². The number of anilines is 1. The van der Waals surface area contributed by atoms with Gasteiger partial charge in [0.25, 0.3) is 0 Å². The third-order valence-corrected chi connectivity index (χ3v) is 3.46. The highest BCUT2D eigenvalue weighted by Gasteiger charge is 2.34. The Hall–Kier alpha value is -1.72. The number of nitrogens with two attached hydrogens (primary N) is 1. The van der Waals surface area contributed by atoms with Crippen LogP contribution < -0.4 is 10.6 Å². The molecule has 1 aliphatic heterocycles. The van der Waals surface area contributed by atoms with Crippen LogP contribution in [0.15, 0.2) is 29.6 Å². The number of hydrogen-bond acceptors (Lipinski definition) is 4. The van der Waals surface area contributed by atoms with E-state index < -0.39 is 5.97 Å². The zero-order valence-corrected chi connectivity index (χ0v) is 11.5. The fraction of sp³-hybridized carbons (Fsp3) is 0.167. The summed E-state index contributed by atoms with van der Waals surface area (Å²) in [6.07, 6.45) is -0.0985. The number of methoxy groups -OCH3 is 1. The first-order valence-corrected chi connectivity index (χ1v) is 6.06. The summed E-state index contributed by atoms with van der Waals surface area (Å²) in [7, 11) is 1.23. The van der Waals surface area contributed by atoms with E-state index in [1.54, 1.807) is 12.1 Å². The van der Waals surface area contributed by atoms with Gasteiger partial charge in [-0.15, -0.1) is 0 Å². The quantitative estimate of drug-likeness (QED) is 0.849. The molecule has 1 aromatic rings. The minimum atomic E-state index is -0.617. The first-order valence-electron chi connectivity index (χ1n) is 5.30. The molecule has 0 aliphatic carbocycles. The number of carbonyl (C=O) groups is 2. The number of hydrogen-bond donors (Lipinski definition) is 1. The van der Waals surface area contributed by atoms with Gasteiger partial charge in [0.05, 0.1) is 34.8 Å². The van der Waals surface area contributed by atoms with Crippen molar-refractivity contribution >= 4 is 40.8 Å². The lowest BCUT2D eigenvalue weighted by atomic mass is 10.2. The largest absolute Gasteiger partial charge is 0.466 e. The van der Waals surface area contributed by atoms with Gasteiger partial charge in [-0.3, -0.25) is 9.69 Å². The molecule has 1 aliphatic rings. The highest BCUT2D eigenvalue weighted by molar-refractivity contribution is 6.42. The number of halogens is 2. The first kappa shape index (κ1) is 13.7. The minimum absolute atomic E-state index is 0.0511. The van der Waals surface area contributed by atoms with Gasteiger partial charge in [0.2, 0.25) is 5.91 Å².